The minimum Gasteiger partial charge on any atom is -0.411 e. The van der Waals surface area contributed by atoms with E-state index < -0.39 is 0 Å². The van der Waals surface area contributed by atoms with Crippen LogP contribution in [0.5, 0.6) is 0 Å². The number of benzene rings is 1. The molecule has 33 heavy (non-hydrogen) atoms. The predicted octanol–water partition coefficient (Wildman–Crippen LogP) is 5.43. The molecule has 0 aromatic heterocycles. The zero-order valence-electron chi connectivity index (χ0n) is 20.0. The van der Waals surface area contributed by atoms with Gasteiger partial charge in [0.05, 0.1) is 18.4 Å². The van der Waals surface area contributed by atoms with Crippen LogP contribution in [0.2, 0.25) is 0 Å². The van der Waals surface area contributed by atoms with Gasteiger partial charge in [-0.05, 0) is 78.7 Å². The lowest BCUT2D eigenvalue weighted by atomic mass is 9.51. The number of carbonyl (C=O) groups is 1. The number of carbonyl (C=O) groups excluding carboxylic acids is 1. The van der Waals surface area contributed by atoms with E-state index in [2.05, 4.69) is 24.2 Å². The van der Waals surface area contributed by atoms with E-state index in [9.17, 15) is 4.79 Å². The minimum absolute atomic E-state index is 0.00802. The van der Waals surface area contributed by atoms with Crippen LogP contribution < -0.4 is 0 Å². The normalized spacial score (nSPS) is 35.9. The second-order valence-electron chi connectivity index (χ2n) is 10.6. The number of ketones is 1. The molecular formula is C28H35NO4. The van der Waals surface area contributed by atoms with E-state index in [1.54, 1.807) is 12.7 Å². The van der Waals surface area contributed by atoms with Gasteiger partial charge < -0.3 is 14.7 Å². The number of oxime groups is 1. The van der Waals surface area contributed by atoms with Gasteiger partial charge in [0, 0.05) is 32.0 Å². The van der Waals surface area contributed by atoms with Gasteiger partial charge in [0.1, 0.15) is 0 Å². The highest BCUT2D eigenvalue weighted by Gasteiger charge is 2.63. The van der Waals surface area contributed by atoms with Crippen LogP contribution in [0.4, 0.5) is 0 Å². The zero-order valence-corrected chi connectivity index (χ0v) is 20.0. The van der Waals surface area contributed by atoms with Gasteiger partial charge in [-0.1, -0.05) is 41.9 Å². The summed E-state index contributed by atoms with van der Waals surface area (Å²) in [5.41, 5.74) is 6.23. The summed E-state index contributed by atoms with van der Waals surface area (Å²) in [6.45, 7) is 3.05. The fraction of sp³-hybridized carbons (Fsp3) is 0.571. The summed E-state index contributed by atoms with van der Waals surface area (Å²) in [6, 6.07) is 8.42. The topological polar surface area (TPSA) is 68.1 Å². The summed E-state index contributed by atoms with van der Waals surface area (Å²) in [6.07, 6.45) is 10.2. The maximum absolute atomic E-state index is 12.2. The molecule has 0 amide bonds. The fourth-order valence-electron chi connectivity index (χ4n) is 7.78. The molecule has 0 heterocycles. The van der Waals surface area contributed by atoms with Crippen molar-refractivity contribution in [3.63, 3.8) is 0 Å². The molecule has 2 saturated carbocycles. The van der Waals surface area contributed by atoms with Crippen molar-refractivity contribution in [3.8, 4) is 0 Å². The first kappa shape index (κ1) is 22.5. The van der Waals surface area contributed by atoms with Crippen molar-refractivity contribution in [1.29, 1.82) is 0 Å². The Balaban J connectivity index is 1.65. The van der Waals surface area contributed by atoms with Crippen molar-refractivity contribution in [2.45, 2.75) is 63.4 Å². The van der Waals surface area contributed by atoms with Crippen molar-refractivity contribution >= 4 is 12.0 Å². The monoisotopic (exact) mass is 449 g/mol. The molecule has 0 spiro atoms. The Morgan fingerprint density at radius 1 is 1.15 bits per heavy atom. The lowest BCUT2D eigenvalue weighted by Gasteiger charge is -2.55. The molecule has 5 unspecified atom stereocenters. The van der Waals surface area contributed by atoms with E-state index in [4.69, 9.17) is 14.7 Å². The Kier molecular flexibility index (Phi) is 5.82. The van der Waals surface area contributed by atoms with E-state index in [1.165, 1.54) is 22.9 Å². The molecule has 1 aromatic rings. The smallest absolute Gasteiger partial charge is 0.156 e. The molecule has 0 radical (unpaired) electrons. The highest BCUT2D eigenvalue weighted by atomic mass is 16.5. The van der Waals surface area contributed by atoms with Gasteiger partial charge in [-0.25, -0.2) is 0 Å². The van der Waals surface area contributed by atoms with Gasteiger partial charge in [0.2, 0.25) is 0 Å². The molecule has 0 bridgehead atoms. The van der Waals surface area contributed by atoms with Gasteiger partial charge >= 0.3 is 0 Å². The standard InChI is InChI=1S/C28H35NO4/c1-27-15-24(19-6-4-18(5-7-19)16-29-31)26-22-11-9-21(30)14-20(22)8-10-23(26)25(27)12-13-28(27,33-3)17-32-2/h4-7,14,16,23-25,31H,8-13,15,17H2,1-3H3. The quantitative estimate of drug-likeness (QED) is 0.370. The van der Waals surface area contributed by atoms with Crippen molar-refractivity contribution in [3.05, 3.63) is 58.2 Å². The molecule has 0 aliphatic heterocycles. The molecule has 5 rings (SSSR count). The first-order valence-electron chi connectivity index (χ1n) is 12.2. The average Bonchev–Trinajstić information content (AvgIpc) is 3.11. The third kappa shape index (κ3) is 3.43. The molecule has 1 aromatic carbocycles. The number of fused-ring (bicyclic) bond motifs is 4. The van der Waals surface area contributed by atoms with E-state index >= 15 is 0 Å². The van der Waals surface area contributed by atoms with Crippen LogP contribution in [0.15, 0.2) is 52.2 Å². The van der Waals surface area contributed by atoms with Gasteiger partial charge in [-0.2, -0.15) is 0 Å². The predicted molar refractivity (Wildman–Crippen MR) is 128 cm³/mol. The summed E-state index contributed by atoms with van der Waals surface area (Å²) >= 11 is 0. The SMILES string of the molecule is COCC1(OC)CCC2C3CCC4=CC(=O)CCC4=C3C(c3ccc(C=NO)cc3)CC21C. The van der Waals surface area contributed by atoms with Crippen LogP contribution in [0.1, 0.15) is 68.9 Å². The third-order valence-electron chi connectivity index (χ3n) is 9.34. The van der Waals surface area contributed by atoms with E-state index in [1.807, 2.05) is 25.3 Å². The molecule has 4 aliphatic rings. The Hall–Kier alpha value is -2.24. The van der Waals surface area contributed by atoms with Gasteiger partial charge in [0.15, 0.2) is 5.78 Å². The minimum atomic E-state index is -0.275. The maximum atomic E-state index is 12.2. The van der Waals surface area contributed by atoms with Gasteiger partial charge in [-0.15, -0.1) is 0 Å². The number of rotatable bonds is 5. The molecule has 4 aliphatic carbocycles. The largest absolute Gasteiger partial charge is 0.411 e. The maximum Gasteiger partial charge on any atom is 0.156 e. The highest BCUT2D eigenvalue weighted by molar-refractivity contribution is 5.93. The molecule has 5 nitrogen and oxygen atoms in total. The molecular weight excluding hydrogens is 414 g/mol. The van der Waals surface area contributed by atoms with Crippen LogP contribution in [0, 0.1) is 17.3 Å². The zero-order chi connectivity index (χ0) is 23.2. The summed E-state index contributed by atoms with van der Waals surface area (Å²) in [7, 11) is 3.64. The number of hydrogen-bond acceptors (Lipinski definition) is 5. The molecule has 5 atom stereocenters. The highest BCUT2D eigenvalue weighted by Crippen LogP contribution is 2.67. The summed E-state index contributed by atoms with van der Waals surface area (Å²) in [4.78, 5) is 12.2. The summed E-state index contributed by atoms with van der Waals surface area (Å²) in [5, 5.41) is 12.1. The lowest BCUT2D eigenvalue weighted by molar-refractivity contribution is -0.149. The Bertz CT molecular complexity index is 1020. The summed E-state index contributed by atoms with van der Waals surface area (Å²) in [5.74, 6) is 1.64. The molecule has 0 saturated heterocycles. The Labute approximate surface area is 196 Å². The van der Waals surface area contributed by atoms with Gasteiger partial charge in [-0.3, -0.25) is 4.79 Å². The van der Waals surface area contributed by atoms with Crippen LogP contribution in [0.3, 0.4) is 0 Å². The van der Waals surface area contributed by atoms with E-state index in [0.29, 0.717) is 24.9 Å². The van der Waals surface area contributed by atoms with Crippen LogP contribution in [0.25, 0.3) is 0 Å². The molecule has 1 N–H and O–H groups in total. The molecule has 5 heteroatoms. The number of allylic oxidation sites excluding steroid dienone is 4. The van der Waals surface area contributed by atoms with E-state index in [0.717, 1.165) is 44.1 Å². The number of hydrogen-bond donors (Lipinski definition) is 1. The van der Waals surface area contributed by atoms with Crippen LogP contribution in [-0.4, -0.2) is 43.6 Å². The van der Waals surface area contributed by atoms with E-state index in [-0.39, 0.29) is 22.7 Å². The van der Waals surface area contributed by atoms with Crippen LogP contribution >= 0.6 is 0 Å². The van der Waals surface area contributed by atoms with Crippen molar-refractivity contribution < 1.29 is 19.5 Å². The average molecular weight is 450 g/mol. The van der Waals surface area contributed by atoms with Gasteiger partial charge in [0.25, 0.3) is 0 Å². The first-order valence-corrected chi connectivity index (χ1v) is 12.2. The molecule has 2 fully saturated rings. The Morgan fingerprint density at radius 3 is 2.64 bits per heavy atom. The van der Waals surface area contributed by atoms with Crippen molar-refractivity contribution in [1.82, 2.24) is 0 Å². The fourth-order valence-corrected chi connectivity index (χ4v) is 7.78. The second-order valence-corrected chi connectivity index (χ2v) is 10.6. The Morgan fingerprint density at radius 2 is 1.94 bits per heavy atom. The molecule has 176 valence electrons. The first-order chi connectivity index (χ1) is 16.0. The second kappa shape index (κ2) is 8.52. The number of nitrogens with zero attached hydrogens (tertiary/aromatic N) is 1. The van der Waals surface area contributed by atoms with Crippen molar-refractivity contribution in [2.75, 3.05) is 20.8 Å². The lowest BCUT2D eigenvalue weighted by Crippen LogP contribution is -2.54. The third-order valence-corrected chi connectivity index (χ3v) is 9.34. The van der Waals surface area contributed by atoms with Crippen molar-refractivity contribution in [2.24, 2.45) is 22.4 Å². The number of methoxy groups -OCH3 is 2. The number of ether oxygens (including phenoxy) is 2. The van der Waals surface area contributed by atoms with Crippen LogP contribution in [-0.2, 0) is 14.3 Å². The summed E-state index contributed by atoms with van der Waals surface area (Å²) < 4.78 is 12.0.